The van der Waals surface area contributed by atoms with Crippen LogP contribution in [0.15, 0.2) is 41.3 Å². The van der Waals surface area contributed by atoms with E-state index in [-0.39, 0.29) is 22.8 Å². The molecule has 6 nitrogen and oxygen atoms in total. The molecule has 3 heterocycles. The van der Waals surface area contributed by atoms with Gasteiger partial charge in [0.15, 0.2) is 5.43 Å². The first-order valence-electron chi connectivity index (χ1n) is 10.5. The first-order chi connectivity index (χ1) is 14.6. The van der Waals surface area contributed by atoms with Crippen LogP contribution in [0.2, 0.25) is 0 Å². The zero-order valence-corrected chi connectivity index (χ0v) is 17.7. The van der Waals surface area contributed by atoms with Crippen molar-refractivity contribution in [1.29, 1.82) is 0 Å². The number of rotatable bonds is 3. The molecule has 1 N–H and O–H groups in total. The van der Waals surface area contributed by atoms with Crippen LogP contribution in [0.25, 0.3) is 22.5 Å². The Morgan fingerprint density at radius 2 is 1.97 bits per heavy atom. The molecule has 2 aliphatic rings. The number of aromatic nitrogens is 3. The maximum absolute atomic E-state index is 14.1. The van der Waals surface area contributed by atoms with E-state index in [1.807, 2.05) is 15.3 Å². The van der Waals surface area contributed by atoms with E-state index in [2.05, 4.69) is 20.8 Å². The van der Waals surface area contributed by atoms with Crippen molar-refractivity contribution in [3.8, 4) is 22.5 Å². The summed E-state index contributed by atoms with van der Waals surface area (Å²) in [6.07, 6.45) is 3.52. The van der Waals surface area contributed by atoms with Gasteiger partial charge in [-0.05, 0) is 36.0 Å². The van der Waals surface area contributed by atoms with Crippen molar-refractivity contribution >= 4 is 5.97 Å². The lowest BCUT2D eigenvalue weighted by Crippen LogP contribution is -2.35. The summed E-state index contributed by atoms with van der Waals surface area (Å²) in [7, 11) is 0. The molecule has 31 heavy (non-hydrogen) atoms. The molecule has 0 radical (unpaired) electrons. The summed E-state index contributed by atoms with van der Waals surface area (Å²) in [6.45, 7) is 6.81. The summed E-state index contributed by atoms with van der Waals surface area (Å²) < 4.78 is 17.9. The van der Waals surface area contributed by atoms with Crippen molar-refractivity contribution in [2.24, 2.45) is 5.41 Å². The fourth-order valence-electron chi connectivity index (χ4n) is 4.54. The molecule has 1 atom stereocenters. The maximum Gasteiger partial charge on any atom is 0.341 e. The molecule has 1 aromatic carbocycles. The van der Waals surface area contributed by atoms with Crippen molar-refractivity contribution in [2.75, 3.05) is 0 Å². The monoisotopic (exact) mass is 421 g/mol. The molecule has 7 heteroatoms. The van der Waals surface area contributed by atoms with Crippen molar-refractivity contribution in [3.05, 3.63) is 63.8 Å². The highest BCUT2D eigenvalue weighted by Crippen LogP contribution is 2.50. The van der Waals surface area contributed by atoms with Gasteiger partial charge in [0.05, 0.1) is 29.7 Å². The summed E-state index contributed by atoms with van der Waals surface area (Å²) in [5.74, 6) is -1.25. The number of carboxylic acid groups (broad SMARTS) is 1. The predicted molar refractivity (Wildman–Crippen MR) is 115 cm³/mol. The van der Waals surface area contributed by atoms with Crippen LogP contribution in [-0.4, -0.2) is 25.4 Å². The van der Waals surface area contributed by atoms with Crippen LogP contribution >= 0.6 is 0 Å². The number of halogens is 1. The van der Waals surface area contributed by atoms with Crippen LogP contribution in [-0.2, 0) is 6.54 Å². The Morgan fingerprint density at radius 1 is 1.23 bits per heavy atom. The number of benzene rings is 1. The fraction of sp³-hybridized carbons (Fsp3) is 0.375. The summed E-state index contributed by atoms with van der Waals surface area (Å²) in [4.78, 5) is 24.3. The number of pyridine rings is 1. The van der Waals surface area contributed by atoms with E-state index in [1.54, 1.807) is 6.07 Å². The molecule has 1 fully saturated rings. The van der Waals surface area contributed by atoms with Gasteiger partial charge in [-0.25, -0.2) is 9.18 Å². The largest absolute Gasteiger partial charge is 0.477 e. The van der Waals surface area contributed by atoms with Crippen LogP contribution in [0.4, 0.5) is 4.39 Å². The minimum Gasteiger partial charge on any atom is -0.477 e. The SMILES string of the molecule is CC(C)(C)[C@@H]1Cn2nc(C3CC3)c(-c3cccc(F)c3)c2-c2cc(=O)c(C(=O)O)cn21. The number of hydrogen-bond acceptors (Lipinski definition) is 3. The lowest BCUT2D eigenvalue weighted by atomic mass is 9.84. The Morgan fingerprint density at radius 3 is 2.58 bits per heavy atom. The highest BCUT2D eigenvalue weighted by atomic mass is 19.1. The third kappa shape index (κ3) is 3.19. The van der Waals surface area contributed by atoms with Gasteiger partial charge in [0.2, 0.25) is 0 Å². The number of carboxylic acids is 1. The second kappa shape index (κ2) is 6.64. The van der Waals surface area contributed by atoms with Gasteiger partial charge < -0.3 is 9.67 Å². The third-order valence-electron chi connectivity index (χ3n) is 6.29. The number of hydrogen-bond donors (Lipinski definition) is 1. The van der Waals surface area contributed by atoms with Gasteiger partial charge in [-0.15, -0.1) is 0 Å². The summed E-state index contributed by atoms with van der Waals surface area (Å²) in [5, 5.41) is 14.5. The van der Waals surface area contributed by atoms with E-state index < -0.39 is 11.4 Å². The molecule has 1 aliphatic heterocycles. The topological polar surface area (TPSA) is 77.1 Å². The molecule has 2 aromatic heterocycles. The van der Waals surface area contributed by atoms with Crippen LogP contribution in [0.3, 0.4) is 0 Å². The molecule has 3 aromatic rings. The predicted octanol–water partition coefficient (Wildman–Crippen LogP) is 4.69. The van der Waals surface area contributed by atoms with E-state index in [0.29, 0.717) is 18.2 Å². The van der Waals surface area contributed by atoms with Crippen LogP contribution < -0.4 is 5.43 Å². The van der Waals surface area contributed by atoms with E-state index in [4.69, 9.17) is 5.10 Å². The van der Waals surface area contributed by atoms with Crippen LogP contribution in [0.1, 0.15) is 61.6 Å². The van der Waals surface area contributed by atoms with E-state index in [9.17, 15) is 19.1 Å². The average Bonchev–Trinajstić information content (AvgIpc) is 3.45. The summed E-state index contributed by atoms with van der Waals surface area (Å²) in [6, 6.07) is 7.73. The van der Waals surface area contributed by atoms with Crippen LogP contribution in [0, 0.1) is 11.2 Å². The number of nitrogens with zero attached hydrogens (tertiary/aromatic N) is 3. The Bertz CT molecular complexity index is 1280. The maximum atomic E-state index is 14.1. The molecule has 0 amide bonds. The van der Waals surface area contributed by atoms with Gasteiger partial charge in [-0.2, -0.15) is 5.10 Å². The number of aromatic carboxylic acids is 1. The second-order valence-electron chi connectivity index (χ2n) is 9.61. The summed E-state index contributed by atoms with van der Waals surface area (Å²) in [5.41, 5.74) is 2.87. The van der Waals surface area contributed by atoms with Gasteiger partial charge in [-0.3, -0.25) is 9.48 Å². The smallest absolute Gasteiger partial charge is 0.341 e. The molecule has 0 bridgehead atoms. The highest BCUT2D eigenvalue weighted by Gasteiger charge is 2.39. The van der Waals surface area contributed by atoms with Crippen LogP contribution in [0.5, 0.6) is 0 Å². The van der Waals surface area contributed by atoms with E-state index in [0.717, 1.165) is 35.4 Å². The normalized spacial score (nSPS) is 17.9. The Hall–Kier alpha value is -3.22. The zero-order chi connectivity index (χ0) is 22.1. The average molecular weight is 421 g/mol. The molecule has 0 saturated heterocycles. The Kier molecular flexibility index (Phi) is 4.22. The molecule has 1 aliphatic carbocycles. The number of fused-ring (bicyclic) bond motifs is 3. The van der Waals surface area contributed by atoms with E-state index in [1.165, 1.54) is 24.4 Å². The summed E-state index contributed by atoms with van der Waals surface area (Å²) >= 11 is 0. The number of carbonyl (C=O) groups is 1. The van der Waals surface area contributed by atoms with Gasteiger partial charge in [-0.1, -0.05) is 32.9 Å². The van der Waals surface area contributed by atoms with Gasteiger partial charge in [0.25, 0.3) is 0 Å². The standard InChI is InChI=1S/C24H24FN3O3/c1-24(2,3)19-12-28-22(17-10-18(29)16(23(30)31)11-27(17)19)20(21(26-28)13-7-8-13)14-5-4-6-15(25)9-14/h4-6,9-11,13,19H,7-8,12H2,1-3H3,(H,30,31)/t19-/m0/s1. The lowest BCUT2D eigenvalue weighted by molar-refractivity contribution is 0.0693. The lowest BCUT2D eigenvalue weighted by Gasteiger charge is -2.38. The molecule has 5 rings (SSSR count). The third-order valence-corrected chi connectivity index (χ3v) is 6.29. The highest BCUT2D eigenvalue weighted by molar-refractivity contribution is 5.89. The molecular weight excluding hydrogens is 397 g/mol. The fourth-order valence-corrected chi connectivity index (χ4v) is 4.54. The van der Waals surface area contributed by atoms with E-state index >= 15 is 0 Å². The van der Waals surface area contributed by atoms with Crippen molar-refractivity contribution in [3.63, 3.8) is 0 Å². The minimum absolute atomic E-state index is 0.0963. The van der Waals surface area contributed by atoms with Crippen molar-refractivity contribution in [2.45, 2.75) is 52.1 Å². The van der Waals surface area contributed by atoms with Gasteiger partial charge in [0.1, 0.15) is 11.4 Å². The second-order valence-corrected chi connectivity index (χ2v) is 9.61. The molecule has 1 saturated carbocycles. The Labute approximate surface area is 179 Å². The van der Waals surface area contributed by atoms with Crippen molar-refractivity contribution in [1.82, 2.24) is 14.3 Å². The molecule has 0 unspecified atom stereocenters. The molecule has 160 valence electrons. The zero-order valence-electron chi connectivity index (χ0n) is 17.7. The first kappa shape index (κ1) is 19.7. The van der Waals surface area contributed by atoms with Crippen molar-refractivity contribution < 1.29 is 14.3 Å². The quantitative estimate of drug-likeness (QED) is 0.665. The van der Waals surface area contributed by atoms with Gasteiger partial charge in [0, 0.05) is 23.7 Å². The molecule has 0 spiro atoms. The minimum atomic E-state index is -1.24. The molecular formula is C24H24FN3O3. The first-order valence-corrected chi connectivity index (χ1v) is 10.5. The van der Waals surface area contributed by atoms with Gasteiger partial charge >= 0.3 is 5.97 Å². The Balaban J connectivity index is 1.84.